The molecule has 144 valence electrons. The Morgan fingerprint density at radius 2 is 1.81 bits per heavy atom. The molecule has 2 amide bonds. The van der Waals surface area contributed by atoms with E-state index in [-0.39, 0.29) is 17.4 Å². The zero-order valence-corrected chi connectivity index (χ0v) is 16.8. The number of nitrogens with zero attached hydrogens (tertiary/aromatic N) is 2. The molecule has 6 heteroatoms. The molecule has 1 aromatic heterocycles. The molecule has 6 nitrogen and oxygen atoms in total. The van der Waals surface area contributed by atoms with Crippen molar-refractivity contribution in [3.05, 3.63) is 46.5 Å². The molecule has 0 spiro atoms. The number of fused-ring (bicyclic) bond motifs is 1. The fraction of sp³-hybridized carbons (Fsp3) is 0.476. The first kappa shape index (κ1) is 19.1. The fourth-order valence-corrected chi connectivity index (χ4v) is 3.30. The van der Waals surface area contributed by atoms with Gasteiger partial charge in [0.15, 0.2) is 5.82 Å². The molecule has 1 aliphatic heterocycles. The number of benzene rings is 1. The summed E-state index contributed by atoms with van der Waals surface area (Å²) in [5.74, 6) is -0.198. The number of hydrogen-bond donors (Lipinski definition) is 2. The number of aryl methyl sites for hydroxylation is 2. The average molecular weight is 368 g/mol. The highest BCUT2D eigenvalue weighted by Crippen LogP contribution is 2.23. The lowest BCUT2D eigenvalue weighted by atomic mass is 10.1. The van der Waals surface area contributed by atoms with Crippen LogP contribution in [0.5, 0.6) is 0 Å². The first-order valence-corrected chi connectivity index (χ1v) is 9.46. The second-order valence-electron chi connectivity index (χ2n) is 8.30. The number of hydrogen-bond acceptors (Lipinski definition) is 3. The molecule has 3 rings (SSSR count). The van der Waals surface area contributed by atoms with Crippen LogP contribution >= 0.6 is 0 Å². The Morgan fingerprint density at radius 1 is 1.07 bits per heavy atom. The standard InChI is InChI=1S/C21H28N4O2/c1-13-9-10-15(12-14(13)2)22-20(27)18-23-17(19(26)24-21(3,4)5)16-8-6-7-11-25(16)18/h9-10,12H,6-8,11H2,1-5H3,(H,22,27)(H,24,26). The SMILES string of the molecule is Cc1ccc(NC(=O)c2nc(C(=O)NC(C)(C)C)c3n2CCCC3)cc1C. The van der Waals surface area contributed by atoms with Gasteiger partial charge >= 0.3 is 0 Å². The molecule has 0 fully saturated rings. The van der Waals surface area contributed by atoms with Crippen LogP contribution in [0.25, 0.3) is 0 Å². The first-order valence-electron chi connectivity index (χ1n) is 9.46. The van der Waals surface area contributed by atoms with E-state index in [9.17, 15) is 9.59 Å². The van der Waals surface area contributed by atoms with Gasteiger partial charge in [-0.3, -0.25) is 9.59 Å². The molecule has 0 atom stereocenters. The van der Waals surface area contributed by atoms with Gasteiger partial charge in [-0.05, 0) is 77.1 Å². The molecule has 2 N–H and O–H groups in total. The molecule has 1 aromatic carbocycles. The summed E-state index contributed by atoms with van der Waals surface area (Å²) >= 11 is 0. The summed E-state index contributed by atoms with van der Waals surface area (Å²) in [6.07, 6.45) is 2.74. The molecule has 2 aromatic rings. The second kappa shape index (κ2) is 7.18. The van der Waals surface area contributed by atoms with E-state index in [2.05, 4.69) is 15.6 Å². The van der Waals surface area contributed by atoms with E-state index >= 15 is 0 Å². The van der Waals surface area contributed by atoms with Crippen LogP contribution in [0.4, 0.5) is 5.69 Å². The summed E-state index contributed by atoms with van der Waals surface area (Å²) in [6, 6.07) is 5.81. The lowest BCUT2D eigenvalue weighted by Crippen LogP contribution is -2.41. The minimum absolute atomic E-state index is 0.224. The Kier molecular flexibility index (Phi) is 5.09. The maximum atomic E-state index is 12.9. The van der Waals surface area contributed by atoms with Gasteiger partial charge in [-0.2, -0.15) is 0 Å². The van der Waals surface area contributed by atoms with E-state index in [4.69, 9.17) is 0 Å². The number of amides is 2. The van der Waals surface area contributed by atoms with Crippen molar-refractivity contribution in [2.24, 2.45) is 0 Å². The lowest BCUT2D eigenvalue weighted by Gasteiger charge is -2.21. The highest BCUT2D eigenvalue weighted by Gasteiger charge is 2.29. The third-order valence-corrected chi connectivity index (χ3v) is 4.79. The Hall–Kier alpha value is -2.63. The van der Waals surface area contributed by atoms with E-state index in [0.29, 0.717) is 18.1 Å². The monoisotopic (exact) mass is 368 g/mol. The van der Waals surface area contributed by atoms with Gasteiger partial charge in [0.2, 0.25) is 0 Å². The van der Waals surface area contributed by atoms with Gasteiger partial charge < -0.3 is 15.2 Å². The second-order valence-corrected chi connectivity index (χ2v) is 8.30. The largest absolute Gasteiger partial charge is 0.346 e. The molecule has 0 saturated heterocycles. The van der Waals surface area contributed by atoms with Gasteiger partial charge in [-0.15, -0.1) is 0 Å². The quantitative estimate of drug-likeness (QED) is 0.869. The van der Waals surface area contributed by atoms with Gasteiger partial charge in [0.25, 0.3) is 11.8 Å². The molecule has 0 aliphatic carbocycles. The van der Waals surface area contributed by atoms with E-state index in [1.807, 2.05) is 57.4 Å². The third-order valence-electron chi connectivity index (χ3n) is 4.79. The van der Waals surface area contributed by atoms with Gasteiger partial charge in [0, 0.05) is 17.8 Å². The Balaban J connectivity index is 1.91. The number of nitrogens with one attached hydrogen (secondary N) is 2. The van der Waals surface area contributed by atoms with Crippen LogP contribution in [0.2, 0.25) is 0 Å². The van der Waals surface area contributed by atoms with Crippen molar-refractivity contribution in [3.63, 3.8) is 0 Å². The number of aromatic nitrogens is 2. The molecule has 0 radical (unpaired) electrons. The van der Waals surface area contributed by atoms with Crippen LogP contribution in [-0.2, 0) is 13.0 Å². The number of carbonyl (C=O) groups is 2. The summed E-state index contributed by atoms with van der Waals surface area (Å²) in [5, 5.41) is 5.88. The van der Waals surface area contributed by atoms with Crippen LogP contribution in [-0.4, -0.2) is 26.9 Å². The Morgan fingerprint density at radius 3 is 2.48 bits per heavy atom. The summed E-state index contributed by atoms with van der Waals surface area (Å²) < 4.78 is 1.90. The Labute approximate surface area is 160 Å². The van der Waals surface area contributed by atoms with Crippen molar-refractivity contribution in [1.82, 2.24) is 14.9 Å². The van der Waals surface area contributed by atoms with Crippen LogP contribution < -0.4 is 10.6 Å². The van der Waals surface area contributed by atoms with E-state index in [1.165, 1.54) is 5.56 Å². The van der Waals surface area contributed by atoms with Gasteiger partial charge in [0.05, 0.1) is 5.69 Å². The number of rotatable bonds is 3. The lowest BCUT2D eigenvalue weighted by molar-refractivity contribution is 0.0913. The van der Waals surface area contributed by atoms with Crippen LogP contribution in [0.1, 0.15) is 71.5 Å². The molecule has 0 saturated carbocycles. The smallest absolute Gasteiger partial charge is 0.291 e. The summed E-state index contributed by atoms with van der Waals surface area (Å²) in [5.41, 5.74) is 3.89. The normalized spacial score (nSPS) is 13.8. The number of imidazole rings is 1. The summed E-state index contributed by atoms with van der Waals surface area (Å²) in [7, 11) is 0. The molecular formula is C21H28N4O2. The van der Waals surface area contributed by atoms with Crippen molar-refractivity contribution >= 4 is 17.5 Å². The zero-order valence-electron chi connectivity index (χ0n) is 16.8. The van der Waals surface area contributed by atoms with Gasteiger partial charge in [-0.25, -0.2) is 4.98 Å². The average Bonchev–Trinajstić information content (AvgIpc) is 2.97. The highest BCUT2D eigenvalue weighted by molar-refractivity contribution is 6.03. The summed E-state index contributed by atoms with van der Waals surface area (Å²) in [6.45, 7) is 10.5. The predicted molar refractivity (Wildman–Crippen MR) is 106 cm³/mol. The van der Waals surface area contributed by atoms with Crippen molar-refractivity contribution in [2.45, 2.75) is 66.0 Å². The summed E-state index contributed by atoms with van der Waals surface area (Å²) in [4.78, 5) is 30.0. The van der Waals surface area contributed by atoms with Crippen molar-refractivity contribution < 1.29 is 9.59 Å². The van der Waals surface area contributed by atoms with Crippen LogP contribution in [0.15, 0.2) is 18.2 Å². The maximum Gasteiger partial charge on any atom is 0.291 e. The molecule has 0 unspecified atom stereocenters. The van der Waals surface area contributed by atoms with Gasteiger partial charge in [-0.1, -0.05) is 6.07 Å². The van der Waals surface area contributed by atoms with Crippen LogP contribution in [0, 0.1) is 13.8 Å². The zero-order chi connectivity index (χ0) is 19.8. The van der Waals surface area contributed by atoms with Crippen molar-refractivity contribution in [1.29, 1.82) is 0 Å². The third kappa shape index (κ3) is 4.21. The highest BCUT2D eigenvalue weighted by atomic mass is 16.2. The number of anilines is 1. The Bertz CT molecular complexity index is 890. The van der Waals surface area contributed by atoms with Crippen LogP contribution in [0.3, 0.4) is 0 Å². The van der Waals surface area contributed by atoms with E-state index in [1.54, 1.807) is 0 Å². The topological polar surface area (TPSA) is 76.0 Å². The van der Waals surface area contributed by atoms with E-state index in [0.717, 1.165) is 36.2 Å². The maximum absolute atomic E-state index is 12.9. The van der Waals surface area contributed by atoms with E-state index < -0.39 is 0 Å². The molecule has 2 heterocycles. The number of carbonyl (C=O) groups excluding carboxylic acids is 2. The molecular weight excluding hydrogens is 340 g/mol. The molecule has 0 bridgehead atoms. The van der Waals surface area contributed by atoms with Crippen molar-refractivity contribution in [2.75, 3.05) is 5.32 Å². The van der Waals surface area contributed by atoms with Gasteiger partial charge in [0.1, 0.15) is 5.69 Å². The molecule has 1 aliphatic rings. The van der Waals surface area contributed by atoms with Crippen molar-refractivity contribution in [3.8, 4) is 0 Å². The minimum atomic E-state index is -0.357. The molecule has 27 heavy (non-hydrogen) atoms. The first-order chi connectivity index (χ1) is 12.7. The fourth-order valence-electron chi connectivity index (χ4n) is 3.30. The predicted octanol–water partition coefficient (Wildman–Crippen LogP) is 3.62. The minimum Gasteiger partial charge on any atom is -0.346 e.